The van der Waals surface area contributed by atoms with Crippen molar-refractivity contribution in [2.75, 3.05) is 13.2 Å². The van der Waals surface area contributed by atoms with E-state index < -0.39 is 0 Å². The van der Waals surface area contributed by atoms with Gasteiger partial charge in [-0.1, -0.05) is 42.1 Å². The number of thioether (sulfide) groups is 1. The monoisotopic (exact) mass is 304 g/mol. The quantitative estimate of drug-likeness (QED) is 0.873. The molecule has 0 aromatic heterocycles. The maximum absolute atomic E-state index is 12.0. The first-order valence-electron chi connectivity index (χ1n) is 7.20. The van der Waals surface area contributed by atoms with Crippen molar-refractivity contribution in [3.05, 3.63) is 41.6 Å². The Hall–Kier alpha value is -1.46. The lowest BCUT2D eigenvalue weighted by Crippen LogP contribution is -2.38. The van der Waals surface area contributed by atoms with E-state index >= 15 is 0 Å². The second-order valence-electron chi connectivity index (χ2n) is 5.91. The van der Waals surface area contributed by atoms with Gasteiger partial charge in [-0.05, 0) is 25.3 Å². The van der Waals surface area contributed by atoms with Crippen LogP contribution in [-0.4, -0.2) is 34.4 Å². The molecule has 1 heterocycles. The molecule has 0 radical (unpaired) electrons. The smallest absolute Gasteiger partial charge is 0.266 e. The molecule has 1 amide bonds. The van der Waals surface area contributed by atoms with Gasteiger partial charge >= 0.3 is 0 Å². The van der Waals surface area contributed by atoms with E-state index in [0.29, 0.717) is 12.2 Å². The summed E-state index contributed by atoms with van der Waals surface area (Å²) in [4.78, 5) is 15.0. The summed E-state index contributed by atoms with van der Waals surface area (Å²) in [6.45, 7) is 2.96. The van der Waals surface area contributed by atoms with Crippen molar-refractivity contribution >= 4 is 22.6 Å². The van der Waals surface area contributed by atoms with Gasteiger partial charge in [0.25, 0.3) is 5.91 Å². The third kappa shape index (κ3) is 2.68. The van der Waals surface area contributed by atoms with E-state index in [-0.39, 0.29) is 23.3 Å². The molecule has 3 rings (SSSR count). The number of nitrogens with zero attached hydrogens (tertiary/aromatic N) is 1. The van der Waals surface area contributed by atoms with Gasteiger partial charge in [0, 0.05) is 16.9 Å². The Balaban J connectivity index is 1.96. The number of rotatable bonds is 5. The lowest BCUT2D eigenvalue weighted by atomic mass is 10.1. The van der Waals surface area contributed by atoms with Crippen molar-refractivity contribution in [2.45, 2.75) is 25.1 Å². The molecule has 1 unspecified atom stereocenters. The summed E-state index contributed by atoms with van der Waals surface area (Å²) in [6.07, 6.45) is 2.04. The van der Waals surface area contributed by atoms with Gasteiger partial charge in [-0.2, -0.15) is 0 Å². The van der Waals surface area contributed by atoms with Crippen molar-refractivity contribution in [3.8, 4) is 0 Å². The Morgan fingerprint density at radius 3 is 2.62 bits per heavy atom. The topological polar surface area (TPSA) is 66.6 Å². The Morgan fingerprint density at radius 1 is 1.43 bits per heavy atom. The Bertz CT molecular complexity index is 581. The molecule has 4 nitrogen and oxygen atoms in total. The molecule has 1 aliphatic carbocycles. The zero-order chi connectivity index (χ0) is 15.0. The number of carbonyl (C=O) groups is 1. The molecule has 0 spiro atoms. The van der Waals surface area contributed by atoms with E-state index in [1.807, 2.05) is 30.3 Å². The number of amides is 1. The molecule has 5 heteroatoms. The highest BCUT2D eigenvalue weighted by molar-refractivity contribution is 8.09. The molecule has 21 heavy (non-hydrogen) atoms. The molecular formula is C16H20N2O2S. The molecule has 1 atom stereocenters. The lowest BCUT2D eigenvalue weighted by Gasteiger charge is -2.29. The van der Waals surface area contributed by atoms with Crippen LogP contribution in [0.25, 0.3) is 4.91 Å². The molecule has 112 valence electrons. The first-order chi connectivity index (χ1) is 10.1. The van der Waals surface area contributed by atoms with Gasteiger partial charge in [0.2, 0.25) is 0 Å². The first kappa shape index (κ1) is 14.5. The fourth-order valence-electron chi connectivity index (χ4n) is 2.76. The standard InChI is InChI=1S/C16H20N2O2S/c1-11-18(9-16(10-19)7-8-16)13(15(17)20)14(21-11)12-5-3-2-4-6-12/h2-6,11,19H,7-10H2,1H3,(H2,17,20). The minimum absolute atomic E-state index is 0.0400. The van der Waals surface area contributed by atoms with Gasteiger partial charge in [-0.3, -0.25) is 4.79 Å². The van der Waals surface area contributed by atoms with Crippen LogP contribution in [0.2, 0.25) is 0 Å². The highest BCUT2D eigenvalue weighted by atomic mass is 32.2. The van der Waals surface area contributed by atoms with Crippen LogP contribution in [0.1, 0.15) is 25.3 Å². The van der Waals surface area contributed by atoms with Gasteiger partial charge in [-0.25, -0.2) is 0 Å². The number of carbonyl (C=O) groups excluding carboxylic acids is 1. The molecule has 3 N–H and O–H groups in total. The van der Waals surface area contributed by atoms with Crippen molar-refractivity contribution < 1.29 is 9.90 Å². The second kappa shape index (κ2) is 5.39. The van der Waals surface area contributed by atoms with Gasteiger partial charge in [0.05, 0.1) is 12.0 Å². The average Bonchev–Trinajstić information content (AvgIpc) is 3.18. The van der Waals surface area contributed by atoms with E-state index in [4.69, 9.17) is 5.73 Å². The molecule has 2 aliphatic rings. The number of hydrogen-bond donors (Lipinski definition) is 2. The van der Waals surface area contributed by atoms with E-state index in [1.54, 1.807) is 11.8 Å². The minimum Gasteiger partial charge on any atom is -0.396 e. The van der Waals surface area contributed by atoms with Crippen LogP contribution in [0.3, 0.4) is 0 Å². The number of nitrogens with two attached hydrogens (primary N) is 1. The van der Waals surface area contributed by atoms with E-state index in [0.717, 1.165) is 23.3 Å². The Labute approximate surface area is 129 Å². The van der Waals surface area contributed by atoms with Crippen molar-refractivity contribution in [1.29, 1.82) is 0 Å². The lowest BCUT2D eigenvalue weighted by molar-refractivity contribution is -0.116. The molecule has 1 fully saturated rings. The third-order valence-electron chi connectivity index (χ3n) is 4.30. The van der Waals surface area contributed by atoms with Crippen molar-refractivity contribution in [1.82, 2.24) is 4.90 Å². The summed E-state index contributed by atoms with van der Waals surface area (Å²) < 4.78 is 0. The molecule has 1 aromatic carbocycles. The van der Waals surface area contributed by atoms with Gasteiger partial charge in [0.1, 0.15) is 5.70 Å². The number of primary amides is 1. The van der Waals surface area contributed by atoms with Crippen LogP contribution in [-0.2, 0) is 4.79 Å². The summed E-state index contributed by atoms with van der Waals surface area (Å²) in [6, 6.07) is 9.89. The number of aliphatic hydroxyl groups excluding tert-OH is 1. The summed E-state index contributed by atoms with van der Waals surface area (Å²) in [5.41, 5.74) is 7.23. The minimum atomic E-state index is -0.389. The molecule has 0 bridgehead atoms. The molecular weight excluding hydrogens is 284 g/mol. The second-order valence-corrected chi connectivity index (χ2v) is 7.24. The van der Waals surface area contributed by atoms with Crippen LogP contribution >= 0.6 is 11.8 Å². The maximum Gasteiger partial charge on any atom is 0.266 e. The SMILES string of the molecule is CC1SC(c2ccccc2)=C(C(N)=O)N1CC1(CO)CC1. The van der Waals surface area contributed by atoms with Crippen LogP contribution < -0.4 is 5.73 Å². The Kier molecular flexibility index (Phi) is 3.71. The largest absolute Gasteiger partial charge is 0.396 e. The summed E-state index contributed by atoms with van der Waals surface area (Å²) in [7, 11) is 0. The summed E-state index contributed by atoms with van der Waals surface area (Å²) in [5.74, 6) is -0.389. The van der Waals surface area contributed by atoms with Gasteiger partial charge in [-0.15, -0.1) is 0 Å². The fourth-order valence-corrected chi connectivity index (χ4v) is 4.01. The van der Waals surface area contributed by atoms with Crippen LogP contribution in [0.5, 0.6) is 0 Å². The van der Waals surface area contributed by atoms with Gasteiger partial charge in [0.15, 0.2) is 0 Å². The number of benzene rings is 1. The van der Waals surface area contributed by atoms with E-state index in [1.165, 1.54) is 0 Å². The highest BCUT2D eigenvalue weighted by Crippen LogP contribution is 2.51. The zero-order valence-electron chi connectivity index (χ0n) is 12.1. The van der Waals surface area contributed by atoms with Crippen LogP contribution in [0, 0.1) is 5.41 Å². The molecule has 1 aliphatic heterocycles. The molecule has 1 aromatic rings. The predicted molar refractivity (Wildman–Crippen MR) is 85.1 cm³/mol. The van der Waals surface area contributed by atoms with Crippen LogP contribution in [0.15, 0.2) is 36.0 Å². The fraction of sp³-hybridized carbons (Fsp3) is 0.438. The molecule has 0 saturated heterocycles. The van der Waals surface area contributed by atoms with Crippen molar-refractivity contribution in [2.24, 2.45) is 11.1 Å². The van der Waals surface area contributed by atoms with Gasteiger partial charge < -0.3 is 15.7 Å². The Morgan fingerprint density at radius 2 is 2.10 bits per heavy atom. The molecule has 1 saturated carbocycles. The van der Waals surface area contributed by atoms with E-state index in [9.17, 15) is 9.90 Å². The normalized spacial score (nSPS) is 23.5. The predicted octanol–water partition coefficient (Wildman–Crippen LogP) is 2.01. The van der Waals surface area contributed by atoms with Crippen LogP contribution in [0.4, 0.5) is 0 Å². The average molecular weight is 304 g/mol. The maximum atomic E-state index is 12.0. The first-order valence-corrected chi connectivity index (χ1v) is 8.08. The zero-order valence-corrected chi connectivity index (χ0v) is 12.9. The number of aliphatic hydroxyl groups is 1. The summed E-state index contributed by atoms with van der Waals surface area (Å²) in [5, 5.41) is 9.70. The van der Waals surface area contributed by atoms with Crippen molar-refractivity contribution in [3.63, 3.8) is 0 Å². The van der Waals surface area contributed by atoms with E-state index in [2.05, 4.69) is 11.8 Å². The number of hydrogen-bond acceptors (Lipinski definition) is 4. The third-order valence-corrected chi connectivity index (χ3v) is 5.56. The highest BCUT2D eigenvalue weighted by Gasteiger charge is 2.46. The summed E-state index contributed by atoms with van der Waals surface area (Å²) >= 11 is 1.67.